The number of nitrogens with zero attached hydrogens (tertiary/aromatic N) is 4. The van der Waals surface area contributed by atoms with Gasteiger partial charge >= 0.3 is 12.2 Å². The lowest BCUT2D eigenvalue weighted by atomic mass is 9.57. The van der Waals surface area contributed by atoms with E-state index in [9.17, 15) is 22.8 Å². The largest absolute Gasteiger partial charge is 0.433 e. The molecule has 7 nitrogen and oxygen atoms in total. The maximum atomic E-state index is 12.8. The summed E-state index contributed by atoms with van der Waals surface area (Å²) >= 11 is 0. The molecule has 0 radical (unpaired) electrons. The van der Waals surface area contributed by atoms with E-state index in [2.05, 4.69) is 15.3 Å². The first-order chi connectivity index (χ1) is 13.7. The zero-order chi connectivity index (χ0) is 20.4. The second-order valence-corrected chi connectivity index (χ2v) is 9.19. The average Bonchev–Trinajstić information content (AvgIpc) is 2.96. The van der Waals surface area contributed by atoms with Crippen LogP contribution in [0.4, 0.5) is 18.0 Å². The standard InChI is InChI=1S/C19H22F3N5O2/c20-19(21,22)14-4-13(23-11-24-14)3-12-5-17(6-12)7-26(8-17)16(29)27-9-18(10-27)2-1-15(28)25-18/h4,11-12H,1-3,5-10H2,(H,25,28). The van der Waals surface area contributed by atoms with Crippen LogP contribution in [-0.2, 0) is 17.4 Å². The minimum absolute atomic E-state index is 0.0245. The van der Waals surface area contributed by atoms with Gasteiger partial charge in [0, 0.05) is 43.7 Å². The number of halogens is 3. The van der Waals surface area contributed by atoms with Crippen LogP contribution in [-0.4, -0.2) is 63.4 Å². The van der Waals surface area contributed by atoms with Crippen molar-refractivity contribution >= 4 is 11.9 Å². The van der Waals surface area contributed by atoms with Gasteiger partial charge in [0.1, 0.15) is 12.0 Å². The highest BCUT2D eigenvalue weighted by atomic mass is 19.4. The average molecular weight is 409 g/mol. The third kappa shape index (κ3) is 3.22. The van der Waals surface area contributed by atoms with Crippen LogP contribution in [0.2, 0.25) is 0 Å². The molecule has 10 heteroatoms. The molecule has 4 aliphatic rings. The molecular weight excluding hydrogens is 387 g/mol. The number of hydrogen-bond donors (Lipinski definition) is 1. The first-order valence-corrected chi connectivity index (χ1v) is 9.89. The molecule has 4 heterocycles. The van der Waals surface area contributed by atoms with Crippen molar-refractivity contribution in [3.8, 4) is 0 Å². The maximum Gasteiger partial charge on any atom is 0.433 e. The summed E-state index contributed by atoms with van der Waals surface area (Å²) in [6.07, 6.45) is 0.167. The molecule has 1 N–H and O–H groups in total. The predicted octanol–water partition coefficient (Wildman–Crippen LogP) is 1.83. The second-order valence-electron chi connectivity index (χ2n) is 9.19. The van der Waals surface area contributed by atoms with Gasteiger partial charge < -0.3 is 15.1 Å². The molecule has 29 heavy (non-hydrogen) atoms. The molecule has 5 rings (SSSR count). The van der Waals surface area contributed by atoms with E-state index >= 15 is 0 Å². The molecule has 0 bridgehead atoms. The van der Waals surface area contributed by atoms with E-state index in [1.54, 1.807) is 4.90 Å². The lowest BCUT2D eigenvalue weighted by Crippen LogP contribution is -2.73. The topological polar surface area (TPSA) is 78.4 Å². The van der Waals surface area contributed by atoms with Crippen molar-refractivity contribution in [1.29, 1.82) is 0 Å². The number of carbonyl (C=O) groups is 2. The summed E-state index contributed by atoms with van der Waals surface area (Å²) in [5.41, 5.74) is -0.569. The SMILES string of the molecule is O=C1CCC2(CN(C(=O)N3CC4(CC(Cc5cc(C(F)(F)F)ncn5)C4)C3)C2)N1. The Hall–Kier alpha value is -2.39. The Morgan fingerprint density at radius 1 is 1.17 bits per heavy atom. The molecular formula is C19H22F3N5O2. The molecule has 3 aliphatic heterocycles. The summed E-state index contributed by atoms with van der Waals surface area (Å²) < 4.78 is 38.3. The number of aromatic nitrogens is 2. The van der Waals surface area contributed by atoms with E-state index in [1.807, 2.05) is 4.90 Å². The molecule has 0 atom stereocenters. The monoisotopic (exact) mass is 409 g/mol. The Balaban J connectivity index is 1.08. The van der Waals surface area contributed by atoms with Gasteiger partial charge in [-0.15, -0.1) is 0 Å². The fraction of sp³-hybridized carbons (Fsp3) is 0.684. The molecule has 3 saturated heterocycles. The lowest BCUT2D eigenvalue weighted by molar-refractivity contribution is -0.141. The van der Waals surface area contributed by atoms with Gasteiger partial charge in [0.25, 0.3) is 0 Å². The predicted molar refractivity (Wildman–Crippen MR) is 94.5 cm³/mol. The minimum atomic E-state index is -4.45. The molecule has 3 amide bonds. The molecule has 1 aromatic rings. The third-order valence-corrected chi connectivity index (χ3v) is 6.77. The summed E-state index contributed by atoms with van der Waals surface area (Å²) in [4.78, 5) is 34.9. The van der Waals surface area contributed by atoms with Crippen molar-refractivity contribution in [2.75, 3.05) is 26.2 Å². The van der Waals surface area contributed by atoms with Crippen molar-refractivity contribution < 1.29 is 22.8 Å². The molecule has 1 aromatic heterocycles. The van der Waals surface area contributed by atoms with Crippen molar-refractivity contribution in [3.05, 3.63) is 23.8 Å². The van der Waals surface area contributed by atoms with Gasteiger partial charge in [-0.2, -0.15) is 13.2 Å². The third-order valence-electron chi connectivity index (χ3n) is 6.77. The molecule has 0 unspecified atom stereocenters. The minimum Gasteiger partial charge on any atom is -0.347 e. The Kier molecular flexibility index (Phi) is 3.89. The fourth-order valence-corrected chi connectivity index (χ4v) is 5.46. The van der Waals surface area contributed by atoms with Crippen molar-refractivity contribution in [2.45, 2.75) is 43.8 Å². The Morgan fingerprint density at radius 2 is 1.86 bits per heavy atom. The summed E-state index contributed by atoms with van der Waals surface area (Å²) in [7, 11) is 0. The van der Waals surface area contributed by atoms with Gasteiger partial charge in [-0.25, -0.2) is 14.8 Å². The van der Waals surface area contributed by atoms with Gasteiger partial charge in [-0.3, -0.25) is 4.79 Å². The van der Waals surface area contributed by atoms with E-state index in [0.717, 1.165) is 31.7 Å². The summed E-state index contributed by atoms with van der Waals surface area (Å²) in [5, 5.41) is 2.98. The summed E-state index contributed by atoms with van der Waals surface area (Å²) in [5.74, 6) is 0.357. The summed E-state index contributed by atoms with van der Waals surface area (Å²) in [6.45, 7) is 2.57. The first-order valence-electron chi connectivity index (χ1n) is 9.89. The highest BCUT2D eigenvalue weighted by molar-refractivity contribution is 5.82. The van der Waals surface area contributed by atoms with Crippen LogP contribution in [0.25, 0.3) is 0 Å². The Morgan fingerprint density at radius 3 is 2.48 bits per heavy atom. The van der Waals surface area contributed by atoms with Gasteiger partial charge in [0.05, 0.1) is 5.54 Å². The number of urea groups is 1. The van der Waals surface area contributed by atoms with E-state index in [0.29, 0.717) is 50.6 Å². The number of likely N-dealkylation sites (tertiary alicyclic amines) is 2. The van der Waals surface area contributed by atoms with Crippen LogP contribution in [0.15, 0.2) is 12.4 Å². The maximum absolute atomic E-state index is 12.8. The van der Waals surface area contributed by atoms with Crippen LogP contribution in [0, 0.1) is 11.3 Å². The smallest absolute Gasteiger partial charge is 0.347 e. The van der Waals surface area contributed by atoms with Crippen LogP contribution in [0.5, 0.6) is 0 Å². The summed E-state index contributed by atoms with van der Waals surface area (Å²) in [6, 6.07) is 1.06. The van der Waals surface area contributed by atoms with Gasteiger partial charge in [0.15, 0.2) is 0 Å². The Labute approximate surface area is 165 Å². The van der Waals surface area contributed by atoms with Gasteiger partial charge in [-0.05, 0) is 37.7 Å². The highest BCUT2D eigenvalue weighted by Crippen LogP contribution is 2.53. The van der Waals surface area contributed by atoms with Gasteiger partial charge in [0.2, 0.25) is 5.91 Å². The molecule has 156 valence electrons. The lowest BCUT2D eigenvalue weighted by Gasteiger charge is -2.61. The quantitative estimate of drug-likeness (QED) is 0.809. The normalized spacial score (nSPS) is 24.9. The zero-order valence-electron chi connectivity index (χ0n) is 15.8. The van der Waals surface area contributed by atoms with Crippen LogP contribution >= 0.6 is 0 Å². The number of hydrogen-bond acceptors (Lipinski definition) is 4. The number of alkyl halides is 3. The number of rotatable bonds is 2. The van der Waals surface area contributed by atoms with Gasteiger partial charge in [-0.1, -0.05) is 0 Å². The molecule has 1 saturated carbocycles. The molecule has 0 aromatic carbocycles. The second kappa shape index (κ2) is 6.06. The number of amides is 3. The molecule has 1 aliphatic carbocycles. The van der Waals surface area contributed by atoms with E-state index in [1.165, 1.54) is 0 Å². The van der Waals surface area contributed by atoms with E-state index < -0.39 is 11.9 Å². The van der Waals surface area contributed by atoms with Crippen molar-refractivity contribution in [1.82, 2.24) is 25.1 Å². The highest BCUT2D eigenvalue weighted by Gasteiger charge is 2.56. The van der Waals surface area contributed by atoms with Crippen molar-refractivity contribution in [2.24, 2.45) is 11.3 Å². The van der Waals surface area contributed by atoms with Crippen LogP contribution < -0.4 is 5.32 Å². The van der Waals surface area contributed by atoms with E-state index in [4.69, 9.17) is 0 Å². The van der Waals surface area contributed by atoms with Crippen molar-refractivity contribution in [3.63, 3.8) is 0 Å². The number of nitrogens with one attached hydrogen (secondary N) is 1. The fourth-order valence-electron chi connectivity index (χ4n) is 5.46. The first kappa shape index (κ1) is 18.6. The zero-order valence-corrected chi connectivity index (χ0v) is 15.8. The molecule has 4 fully saturated rings. The van der Waals surface area contributed by atoms with Crippen LogP contribution in [0.1, 0.15) is 37.1 Å². The van der Waals surface area contributed by atoms with Crippen LogP contribution in [0.3, 0.4) is 0 Å². The van der Waals surface area contributed by atoms with E-state index in [-0.39, 0.29) is 22.9 Å². The number of carbonyl (C=O) groups excluding carboxylic acids is 2. The Bertz CT molecular complexity index is 854. The molecule has 2 spiro atoms.